The maximum Gasteiger partial charge on any atom is 0.317 e. The lowest BCUT2D eigenvalue weighted by molar-refractivity contribution is -0.150. The van der Waals surface area contributed by atoms with Gasteiger partial charge in [0.05, 0.1) is 11.5 Å². The van der Waals surface area contributed by atoms with E-state index in [1.807, 2.05) is 0 Å². The molecular weight excluding hydrogens is 260 g/mol. The van der Waals surface area contributed by atoms with Crippen LogP contribution in [0.4, 0.5) is 4.79 Å². The molecule has 2 fully saturated rings. The van der Waals surface area contributed by atoms with Crippen molar-refractivity contribution in [2.45, 2.75) is 57.6 Å². The van der Waals surface area contributed by atoms with E-state index in [0.29, 0.717) is 25.9 Å². The van der Waals surface area contributed by atoms with Crippen LogP contribution in [0.1, 0.15) is 45.4 Å². The van der Waals surface area contributed by atoms with Crippen LogP contribution in [0.25, 0.3) is 0 Å². The Hall–Kier alpha value is -1.30. The van der Waals surface area contributed by atoms with Crippen molar-refractivity contribution in [3.63, 3.8) is 0 Å². The van der Waals surface area contributed by atoms with E-state index in [1.165, 1.54) is 0 Å². The number of nitrogens with one attached hydrogen (secondary N) is 1. The minimum absolute atomic E-state index is 0.0983. The summed E-state index contributed by atoms with van der Waals surface area (Å²) < 4.78 is 0. The molecule has 1 saturated heterocycles. The number of carbonyl (C=O) groups excluding carboxylic acids is 1. The highest BCUT2D eigenvalue weighted by molar-refractivity contribution is 5.77. The first-order valence-corrected chi connectivity index (χ1v) is 7.37. The van der Waals surface area contributed by atoms with E-state index in [1.54, 1.807) is 11.8 Å². The van der Waals surface area contributed by atoms with E-state index in [2.05, 4.69) is 5.32 Å². The van der Waals surface area contributed by atoms with Crippen LogP contribution in [0.2, 0.25) is 0 Å². The van der Waals surface area contributed by atoms with Crippen molar-refractivity contribution in [1.29, 1.82) is 0 Å². The van der Waals surface area contributed by atoms with Gasteiger partial charge >= 0.3 is 12.0 Å². The summed E-state index contributed by atoms with van der Waals surface area (Å²) in [5.41, 5.74) is -0.703. The molecule has 0 spiro atoms. The Labute approximate surface area is 119 Å². The van der Waals surface area contributed by atoms with Gasteiger partial charge in [0.15, 0.2) is 0 Å². The number of carboxylic acids is 1. The van der Waals surface area contributed by atoms with Crippen LogP contribution in [0.15, 0.2) is 0 Å². The largest absolute Gasteiger partial charge is 0.481 e. The first-order valence-electron chi connectivity index (χ1n) is 7.37. The van der Waals surface area contributed by atoms with Crippen molar-refractivity contribution in [1.82, 2.24) is 10.2 Å². The van der Waals surface area contributed by atoms with Gasteiger partial charge in [-0.1, -0.05) is 0 Å². The van der Waals surface area contributed by atoms with Crippen LogP contribution in [-0.2, 0) is 4.79 Å². The average molecular weight is 284 g/mol. The lowest BCUT2D eigenvalue weighted by atomic mass is 9.80. The summed E-state index contributed by atoms with van der Waals surface area (Å²) in [6.07, 6.45) is 3.87. The van der Waals surface area contributed by atoms with Crippen LogP contribution in [-0.4, -0.2) is 52.3 Å². The second-order valence-corrected chi connectivity index (χ2v) is 6.31. The number of aliphatic carboxylic acids is 1. The third kappa shape index (κ3) is 3.42. The molecule has 0 atom stereocenters. The Morgan fingerprint density at radius 1 is 1.15 bits per heavy atom. The van der Waals surface area contributed by atoms with E-state index >= 15 is 0 Å². The molecule has 1 saturated carbocycles. The average Bonchev–Trinajstić information content (AvgIpc) is 2.42. The number of aliphatic hydroxyl groups excluding tert-OH is 1. The molecule has 0 aromatic carbocycles. The normalized spacial score (nSPS) is 29.8. The second kappa shape index (κ2) is 5.99. The van der Waals surface area contributed by atoms with Crippen LogP contribution in [0.3, 0.4) is 0 Å². The van der Waals surface area contributed by atoms with Crippen LogP contribution < -0.4 is 5.32 Å². The lowest BCUT2D eigenvalue weighted by Gasteiger charge is -2.37. The fourth-order valence-corrected chi connectivity index (χ4v) is 2.90. The van der Waals surface area contributed by atoms with Crippen LogP contribution in [0, 0.1) is 5.41 Å². The minimum atomic E-state index is -0.779. The molecule has 2 aliphatic rings. The Balaban J connectivity index is 1.79. The lowest BCUT2D eigenvalue weighted by Crippen LogP contribution is -2.51. The van der Waals surface area contributed by atoms with Gasteiger partial charge in [-0.25, -0.2) is 4.79 Å². The number of piperidine rings is 1. The quantitative estimate of drug-likeness (QED) is 0.710. The smallest absolute Gasteiger partial charge is 0.317 e. The standard InChI is InChI=1S/C14H24N2O4/c1-14(12(18)19)6-8-16(9-7-14)13(20)15-10-2-4-11(17)5-3-10/h10-11,17H,2-9H2,1H3,(H,15,20)(H,18,19). The Morgan fingerprint density at radius 2 is 1.70 bits per heavy atom. The highest BCUT2D eigenvalue weighted by Crippen LogP contribution is 2.31. The molecule has 1 aliphatic carbocycles. The molecule has 0 radical (unpaired) electrons. The minimum Gasteiger partial charge on any atom is -0.481 e. The first kappa shape index (κ1) is 15.1. The topological polar surface area (TPSA) is 89.9 Å². The molecule has 6 heteroatoms. The van der Waals surface area contributed by atoms with Gasteiger partial charge in [-0.2, -0.15) is 0 Å². The highest BCUT2D eigenvalue weighted by Gasteiger charge is 2.38. The molecule has 1 heterocycles. The molecule has 0 aromatic rings. The van der Waals surface area contributed by atoms with Gasteiger partial charge in [-0.3, -0.25) is 4.79 Å². The molecule has 0 bridgehead atoms. The molecule has 0 aromatic heterocycles. The number of carboxylic acid groups (broad SMARTS) is 1. The third-order valence-electron chi connectivity index (χ3n) is 4.69. The van der Waals surface area contributed by atoms with Crippen molar-refractivity contribution in [3.05, 3.63) is 0 Å². The Morgan fingerprint density at radius 3 is 2.20 bits per heavy atom. The number of carbonyl (C=O) groups is 2. The Kier molecular flexibility index (Phi) is 4.52. The van der Waals surface area contributed by atoms with E-state index in [4.69, 9.17) is 5.11 Å². The zero-order chi connectivity index (χ0) is 14.8. The summed E-state index contributed by atoms with van der Waals surface area (Å²) in [6.45, 7) is 2.72. The van der Waals surface area contributed by atoms with Crippen molar-refractivity contribution in [3.8, 4) is 0 Å². The van der Waals surface area contributed by atoms with E-state index in [9.17, 15) is 14.7 Å². The van der Waals surface area contributed by atoms with Crippen molar-refractivity contribution >= 4 is 12.0 Å². The number of hydrogen-bond acceptors (Lipinski definition) is 3. The maximum absolute atomic E-state index is 12.1. The molecule has 114 valence electrons. The molecule has 3 N–H and O–H groups in total. The van der Waals surface area contributed by atoms with Gasteiger partial charge in [0, 0.05) is 19.1 Å². The number of amides is 2. The molecule has 20 heavy (non-hydrogen) atoms. The summed E-state index contributed by atoms with van der Waals surface area (Å²) in [4.78, 5) is 25.0. The summed E-state index contributed by atoms with van der Waals surface area (Å²) in [6, 6.07) is 0.0394. The van der Waals surface area contributed by atoms with Crippen molar-refractivity contribution < 1.29 is 19.8 Å². The number of hydrogen-bond donors (Lipinski definition) is 3. The summed E-state index contributed by atoms with van der Waals surface area (Å²) in [5, 5.41) is 21.6. The zero-order valence-electron chi connectivity index (χ0n) is 12.0. The number of aliphatic hydroxyl groups is 1. The third-order valence-corrected chi connectivity index (χ3v) is 4.69. The van der Waals surface area contributed by atoms with Crippen LogP contribution in [0.5, 0.6) is 0 Å². The highest BCUT2D eigenvalue weighted by atomic mass is 16.4. The molecule has 1 aliphatic heterocycles. The van der Waals surface area contributed by atoms with Gasteiger partial charge in [-0.05, 0) is 45.4 Å². The fraction of sp³-hybridized carbons (Fsp3) is 0.857. The Bertz CT molecular complexity index is 369. The first-order chi connectivity index (χ1) is 9.40. The molecule has 6 nitrogen and oxygen atoms in total. The predicted molar refractivity (Wildman–Crippen MR) is 73.3 cm³/mol. The summed E-state index contributed by atoms with van der Waals surface area (Å²) in [5.74, 6) is -0.779. The van der Waals surface area contributed by atoms with Crippen molar-refractivity contribution in [2.24, 2.45) is 5.41 Å². The molecule has 2 rings (SSSR count). The van der Waals surface area contributed by atoms with Crippen LogP contribution >= 0.6 is 0 Å². The number of nitrogens with zero attached hydrogens (tertiary/aromatic N) is 1. The van der Waals surface area contributed by atoms with E-state index < -0.39 is 11.4 Å². The second-order valence-electron chi connectivity index (χ2n) is 6.31. The molecule has 0 unspecified atom stereocenters. The zero-order valence-corrected chi connectivity index (χ0v) is 12.0. The van der Waals surface area contributed by atoms with Gasteiger partial charge in [0.2, 0.25) is 0 Å². The number of likely N-dealkylation sites (tertiary alicyclic amines) is 1. The van der Waals surface area contributed by atoms with Gasteiger partial charge in [0.25, 0.3) is 0 Å². The fourth-order valence-electron chi connectivity index (χ4n) is 2.90. The van der Waals surface area contributed by atoms with Gasteiger partial charge in [0.1, 0.15) is 0 Å². The van der Waals surface area contributed by atoms with E-state index in [0.717, 1.165) is 25.7 Å². The number of urea groups is 1. The summed E-state index contributed by atoms with van der Waals surface area (Å²) in [7, 11) is 0. The van der Waals surface area contributed by atoms with Gasteiger partial charge in [-0.15, -0.1) is 0 Å². The van der Waals surface area contributed by atoms with Crippen molar-refractivity contribution in [2.75, 3.05) is 13.1 Å². The predicted octanol–water partition coefficient (Wildman–Crippen LogP) is 1.19. The summed E-state index contributed by atoms with van der Waals surface area (Å²) >= 11 is 0. The molecular formula is C14H24N2O4. The number of rotatable bonds is 2. The molecule has 2 amide bonds. The SMILES string of the molecule is CC1(C(=O)O)CCN(C(=O)NC2CCC(O)CC2)CC1. The maximum atomic E-state index is 12.1. The van der Waals surface area contributed by atoms with E-state index in [-0.39, 0.29) is 18.2 Å². The monoisotopic (exact) mass is 284 g/mol. The van der Waals surface area contributed by atoms with Gasteiger partial charge < -0.3 is 20.4 Å².